The maximum Gasteiger partial charge on any atom is 0.136 e. The topological polar surface area (TPSA) is 43.8 Å². The van der Waals surface area contributed by atoms with E-state index >= 15 is 0 Å². The maximum atomic E-state index is 13.7. The largest absolute Gasteiger partial charge is 0.383 e. The fourth-order valence-corrected chi connectivity index (χ4v) is 2.14. The summed E-state index contributed by atoms with van der Waals surface area (Å²) in [6.07, 6.45) is 0. The van der Waals surface area contributed by atoms with Gasteiger partial charge in [-0.15, -0.1) is 0 Å². The van der Waals surface area contributed by atoms with Gasteiger partial charge in [0, 0.05) is 5.56 Å². The van der Waals surface area contributed by atoms with E-state index in [4.69, 9.17) is 5.73 Å². The van der Waals surface area contributed by atoms with Gasteiger partial charge < -0.3 is 5.73 Å². The molecule has 1 heterocycles. The second-order valence-corrected chi connectivity index (χ2v) is 5.01. The van der Waals surface area contributed by atoms with Crippen molar-refractivity contribution in [3.8, 4) is 0 Å². The number of hydrogen-bond acceptors (Lipinski definition) is 2. The monoisotopic (exact) mass is 345 g/mol. The molecule has 2 N–H and O–H groups in total. The van der Waals surface area contributed by atoms with Crippen LogP contribution in [0.15, 0.2) is 24.3 Å². The van der Waals surface area contributed by atoms with Gasteiger partial charge in [-0.1, -0.05) is 18.2 Å². The Morgan fingerprint density at radius 3 is 2.59 bits per heavy atom. The molecule has 1 atom stereocenters. The summed E-state index contributed by atoms with van der Waals surface area (Å²) in [5.74, 6) is 0.349. The second-order valence-electron chi connectivity index (χ2n) is 3.93. The van der Waals surface area contributed by atoms with E-state index in [1.165, 1.54) is 6.07 Å². The van der Waals surface area contributed by atoms with Crippen LogP contribution in [0, 0.1) is 16.3 Å². The Labute approximate surface area is 113 Å². The van der Waals surface area contributed by atoms with Gasteiger partial charge >= 0.3 is 0 Å². The third-order valence-corrected chi connectivity index (χ3v) is 4.10. The van der Waals surface area contributed by atoms with Crippen molar-refractivity contribution >= 4 is 28.4 Å². The molecule has 0 bridgehead atoms. The van der Waals surface area contributed by atoms with Gasteiger partial charge in [-0.05, 0) is 42.5 Å². The number of halogens is 2. The highest BCUT2D eigenvalue weighted by Crippen LogP contribution is 2.27. The van der Waals surface area contributed by atoms with Crippen molar-refractivity contribution in [2.24, 2.45) is 0 Å². The highest BCUT2D eigenvalue weighted by molar-refractivity contribution is 14.1. The average molecular weight is 345 g/mol. The second kappa shape index (κ2) is 4.64. The first-order valence-electron chi connectivity index (χ1n) is 5.27. The number of benzene rings is 1. The number of rotatable bonds is 2. The number of hydrogen-bond donors (Lipinski definition) is 1. The first kappa shape index (κ1) is 12.3. The number of nitrogens with zero attached hydrogens (tertiary/aromatic N) is 2. The van der Waals surface area contributed by atoms with Gasteiger partial charge in [0.2, 0.25) is 0 Å². The first-order valence-corrected chi connectivity index (χ1v) is 6.34. The highest BCUT2D eigenvalue weighted by Gasteiger charge is 2.18. The molecule has 0 aliphatic heterocycles. The van der Waals surface area contributed by atoms with Crippen LogP contribution in [0.25, 0.3) is 0 Å². The molecule has 0 radical (unpaired) electrons. The zero-order valence-electron chi connectivity index (χ0n) is 9.61. The summed E-state index contributed by atoms with van der Waals surface area (Å²) >= 11 is 2.15. The number of aromatic nitrogens is 2. The van der Waals surface area contributed by atoms with Crippen molar-refractivity contribution in [3.05, 3.63) is 44.9 Å². The first-order chi connectivity index (χ1) is 8.02. The molecule has 0 amide bonds. The zero-order chi connectivity index (χ0) is 12.6. The predicted molar refractivity (Wildman–Crippen MR) is 74.3 cm³/mol. The number of aryl methyl sites for hydroxylation is 1. The molecular formula is C12H13FIN3. The molecule has 1 aromatic carbocycles. The molecule has 0 saturated heterocycles. The SMILES string of the molecule is Cc1nn(C(C)c2ccccc2F)c(N)c1I. The van der Waals surface area contributed by atoms with Crippen molar-refractivity contribution in [1.82, 2.24) is 9.78 Å². The normalized spacial score (nSPS) is 12.7. The van der Waals surface area contributed by atoms with Crippen LogP contribution in [-0.2, 0) is 0 Å². The molecule has 90 valence electrons. The van der Waals surface area contributed by atoms with Gasteiger partial charge in [0.25, 0.3) is 0 Å². The van der Waals surface area contributed by atoms with Crippen LogP contribution >= 0.6 is 22.6 Å². The van der Waals surface area contributed by atoms with Crippen molar-refractivity contribution in [3.63, 3.8) is 0 Å². The van der Waals surface area contributed by atoms with E-state index in [1.54, 1.807) is 16.8 Å². The molecule has 2 aromatic rings. The van der Waals surface area contributed by atoms with Crippen LogP contribution in [0.4, 0.5) is 10.2 Å². The van der Waals surface area contributed by atoms with Crippen LogP contribution in [0.2, 0.25) is 0 Å². The molecule has 0 spiro atoms. The minimum absolute atomic E-state index is 0.210. The Hall–Kier alpha value is -1.11. The zero-order valence-corrected chi connectivity index (χ0v) is 11.8. The van der Waals surface area contributed by atoms with Crippen LogP contribution < -0.4 is 5.73 Å². The summed E-state index contributed by atoms with van der Waals surface area (Å²) in [6.45, 7) is 3.78. The van der Waals surface area contributed by atoms with Crippen LogP contribution in [0.1, 0.15) is 24.2 Å². The molecule has 0 fully saturated rings. The lowest BCUT2D eigenvalue weighted by Crippen LogP contribution is -2.13. The molecular weight excluding hydrogens is 332 g/mol. The van der Waals surface area contributed by atoms with Crippen molar-refractivity contribution in [2.45, 2.75) is 19.9 Å². The van der Waals surface area contributed by atoms with Crippen molar-refractivity contribution in [2.75, 3.05) is 5.73 Å². The van der Waals surface area contributed by atoms with Crippen LogP contribution in [0.3, 0.4) is 0 Å². The molecule has 0 aliphatic carbocycles. The van der Waals surface area contributed by atoms with E-state index in [9.17, 15) is 4.39 Å². The van der Waals surface area contributed by atoms with E-state index in [0.29, 0.717) is 11.4 Å². The molecule has 0 aliphatic rings. The quantitative estimate of drug-likeness (QED) is 0.850. The summed E-state index contributed by atoms with van der Waals surface area (Å²) < 4.78 is 16.3. The summed E-state index contributed by atoms with van der Waals surface area (Å²) in [5, 5.41) is 4.34. The number of nitrogens with two attached hydrogens (primary N) is 1. The summed E-state index contributed by atoms with van der Waals surface area (Å²) in [4.78, 5) is 0. The molecule has 0 saturated carbocycles. The lowest BCUT2D eigenvalue weighted by atomic mass is 10.1. The molecule has 3 nitrogen and oxygen atoms in total. The molecule has 1 aromatic heterocycles. The van der Waals surface area contributed by atoms with E-state index in [0.717, 1.165) is 9.26 Å². The fraction of sp³-hybridized carbons (Fsp3) is 0.250. The fourth-order valence-electron chi connectivity index (χ4n) is 1.79. The predicted octanol–water partition coefficient (Wildman–Crippen LogP) is 3.13. The van der Waals surface area contributed by atoms with Gasteiger partial charge in [0.1, 0.15) is 11.6 Å². The Balaban J connectivity index is 2.48. The van der Waals surface area contributed by atoms with Crippen molar-refractivity contribution in [1.29, 1.82) is 0 Å². The average Bonchev–Trinajstić information content (AvgIpc) is 2.57. The Morgan fingerprint density at radius 2 is 2.06 bits per heavy atom. The minimum Gasteiger partial charge on any atom is -0.383 e. The van der Waals surface area contributed by atoms with E-state index < -0.39 is 0 Å². The minimum atomic E-state index is -0.234. The van der Waals surface area contributed by atoms with E-state index in [2.05, 4.69) is 27.7 Å². The molecule has 17 heavy (non-hydrogen) atoms. The lowest BCUT2D eigenvalue weighted by Gasteiger charge is -2.15. The van der Waals surface area contributed by atoms with E-state index in [1.807, 2.05) is 19.9 Å². The summed E-state index contributed by atoms with van der Waals surface area (Å²) in [5.41, 5.74) is 7.42. The summed E-state index contributed by atoms with van der Waals surface area (Å²) in [7, 11) is 0. The lowest BCUT2D eigenvalue weighted by molar-refractivity contribution is 0.524. The third-order valence-electron chi connectivity index (χ3n) is 2.77. The Morgan fingerprint density at radius 1 is 1.41 bits per heavy atom. The maximum absolute atomic E-state index is 13.7. The number of nitrogen functional groups attached to an aromatic ring is 1. The Bertz CT molecular complexity index is 551. The van der Waals surface area contributed by atoms with Crippen molar-refractivity contribution < 1.29 is 4.39 Å². The van der Waals surface area contributed by atoms with E-state index in [-0.39, 0.29) is 11.9 Å². The summed E-state index contributed by atoms with van der Waals surface area (Å²) in [6, 6.07) is 6.48. The molecule has 2 rings (SSSR count). The van der Waals surface area contributed by atoms with Gasteiger partial charge in [0.15, 0.2) is 0 Å². The molecule has 1 unspecified atom stereocenters. The smallest absolute Gasteiger partial charge is 0.136 e. The third kappa shape index (κ3) is 2.15. The van der Waals surface area contributed by atoms with Crippen LogP contribution in [0.5, 0.6) is 0 Å². The van der Waals surface area contributed by atoms with Gasteiger partial charge in [-0.3, -0.25) is 0 Å². The standard InChI is InChI=1S/C12H13FIN3/c1-7-11(14)12(15)17(16-7)8(2)9-5-3-4-6-10(9)13/h3-6,8H,15H2,1-2H3. The highest BCUT2D eigenvalue weighted by atomic mass is 127. The molecule has 5 heteroatoms. The number of anilines is 1. The Kier molecular flexibility index (Phi) is 3.37. The van der Waals surface area contributed by atoms with Gasteiger partial charge in [-0.2, -0.15) is 5.10 Å². The van der Waals surface area contributed by atoms with Crippen LogP contribution in [-0.4, -0.2) is 9.78 Å². The van der Waals surface area contributed by atoms with Gasteiger partial charge in [-0.25, -0.2) is 9.07 Å². The van der Waals surface area contributed by atoms with Gasteiger partial charge in [0.05, 0.1) is 15.3 Å².